The molecule has 1 heterocycles. The van der Waals surface area contributed by atoms with Gasteiger partial charge in [-0.1, -0.05) is 6.07 Å². The van der Waals surface area contributed by atoms with E-state index in [0.717, 1.165) is 24.2 Å². The number of hydrogen-bond donors (Lipinski definition) is 1. The molecular formula is C19H22ClNO4. The standard InChI is InChI=1S/C19H22ClNO4/c1-12(21-19(22)16-9-10-18(20)25-16)13-7-8-15(17(11-13)23-2)24-14-5-3-4-6-14/h7-12,14H,3-6H2,1-2H3,(H,21,22). The van der Waals surface area contributed by atoms with Crippen molar-refractivity contribution in [1.82, 2.24) is 5.32 Å². The minimum absolute atomic E-state index is 0.185. The fraction of sp³-hybridized carbons (Fsp3) is 0.421. The smallest absolute Gasteiger partial charge is 0.287 e. The van der Waals surface area contributed by atoms with E-state index in [1.54, 1.807) is 19.2 Å². The number of amides is 1. The van der Waals surface area contributed by atoms with Gasteiger partial charge < -0.3 is 19.2 Å². The summed E-state index contributed by atoms with van der Waals surface area (Å²) in [5, 5.41) is 3.07. The Kier molecular flexibility index (Phi) is 5.53. The zero-order valence-corrected chi connectivity index (χ0v) is 15.1. The van der Waals surface area contributed by atoms with Gasteiger partial charge in [0.05, 0.1) is 19.3 Å². The predicted molar refractivity (Wildman–Crippen MR) is 95.5 cm³/mol. The number of nitrogens with one attached hydrogen (secondary N) is 1. The van der Waals surface area contributed by atoms with Gasteiger partial charge in [-0.2, -0.15) is 0 Å². The van der Waals surface area contributed by atoms with Crippen LogP contribution in [-0.4, -0.2) is 19.1 Å². The minimum Gasteiger partial charge on any atom is -0.493 e. The van der Waals surface area contributed by atoms with Gasteiger partial charge in [0.1, 0.15) is 0 Å². The van der Waals surface area contributed by atoms with E-state index in [4.69, 9.17) is 25.5 Å². The van der Waals surface area contributed by atoms with Crippen LogP contribution in [0.2, 0.25) is 5.22 Å². The van der Waals surface area contributed by atoms with E-state index in [0.29, 0.717) is 5.75 Å². The average Bonchev–Trinajstić information content (AvgIpc) is 3.26. The lowest BCUT2D eigenvalue weighted by Crippen LogP contribution is -2.26. The van der Waals surface area contributed by atoms with E-state index in [1.165, 1.54) is 12.8 Å². The van der Waals surface area contributed by atoms with Crippen molar-refractivity contribution in [2.75, 3.05) is 7.11 Å². The molecule has 1 aromatic heterocycles. The van der Waals surface area contributed by atoms with Gasteiger partial charge in [-0.05, 0) is 74.0 Å². The van der Waals surface area contributed by atoms with Gasteiger partial charge >= 0.3 is 0 Å². The molecule has 0 radical (unpaired) electrons. The Morgan fingerprint density at radius 1 is 1.24 bits per heavy atom. The molecule has 1 aliphatic rings. The molecule has 6 heteroatoms. The number of hydrogen-bond acceptors (Lipinski definition) is 4. The monoisotopic (exact) mass is 363 g/mol. The molecule has 3 rings (SSSR count). The third-order valence-electron chi connectivity index (χ3n) is 4.43. The highest BCUT2D eigenvalue weighted by atomic mass is 35.5. The van der Waals surface area contributed by atoms with Gasteiger partial charge in [-0.15, -0.1) is 0 Å². The Labute approximate surface area is 152 Å². The van der Waals surface area contributed by atoms with Crippen molar-refractivity contribution in [2.24, 2.45) is 0 Å². The predicted octanol–water partition coefficient (Wildman–Crippen LogP) is 4.75. The summed E-state index contributed by atoms with van der Waals surface area (Å²) in [6, 6.07) is 8.60. The molecule has 0 aliphatic heterocycles. The first-order chi connectivity index (χ1) is 12.1. The first-order valence-electron chi connectivity index (χ1n) is 8.47. The fourth-order valence-electron chi connectivity index (χ4n) is 3.02. The lowest BCUT2D eigenvalue weighted by molar-refractivity contribution is 0.0912. The summed E-state index contributed by atoms with van der Waals surface area (Å²) in [5.74, 6) is 1.29. The number of carbonyl (C=O) groups excluding carboxylic acids is 1. The first kappa shape index (κ1) is 17.7. The van der Waals surface area contributed by atoms with Crippen LogP contribution in [0.4, 0.5) is 0 Å². The van der Waals surface area contributed by atoms with Crippen LogP contribution in [0.1, 0.15) is 54.8 Å². The quantitative estimate of drug-likeness (QED) is 0.804. The van der Waals surface area contributed by atoms with Crippen LogP contribution in [0.3, 0.4) is 0 Å². The Hall–Kier alpha value is -2.14. The highest BCUT2D eigenvalue weighted by Crippen LogP contribution is 2.33. The van der Waals surface area contributed by atoms with Gasteiger partial charge in [-0.3, -0.25) is 4.79 Å². The molecule has 134 valence electrons. The van der Waals surface area contributed by atoms with Crippen LogP contribution >= 0.6 is 11.6 Å². The summed E-state index contributed by atoms with van der Waals surface area (Å²) in [6.45, 7) is 1.90. The van der Waals surface area contributed by atoms with E-state index in [-0.39, 0.29) is 29.0 Å². The average molecular weight is 364 g/mol. The minimum atomic E-state index is -0.315. The zero-order chi connectivity index (χ0) is 17.8. The van der Waals surface area contributed by atoms with Crippen LogP contribution in [0.25, 0.3) is 0 Å². The summed E-state index contributed by atoms with van der Waals surface area (Å²) in [5.41, 5.74) is 0.918. The normalized spacial score (nSPS) is 15.8. The second-order valence-electron chi connectivity index (χ2n) is 6.23. The number of carbonyl (C=O) groups is 1. The van der Waals surface area contributed by atoms with E-state index in [1.807, 2.05) is 25.1 Å². The molecule has 1 atom stereocenters. The zero-order valence-electron chi connectivity index (χ0n) is 14.4. The maximum atomic E-state index is 12.2. The molecule has 5 nitrogen and oxygen atoms in total. The third-order valence-corrected chi connectivity index (χ3v) is 4.63. The van der Waals surface area contributed by atoms with E-state index < -0.39 is 0 Å². The van der Waals surface area contributed by atoms with Crippen molar-refractivity contribution < 1.29 is 18.7 Å². The van der Waals surface area contributed by atoms with Gasteiger partial charge in [0.15, 0.2) is 22.5 Å². The molecule has 1 aromatic carbocycles. The number of methoxy groups -OCH3 is 1. The molecule has 1 N–H and O–H groups in total. The Morgan fingerprint density at radius 3 is 2.64 bits per heavy atom. The van der Waals surface area contributed by atoms with Gasteiger partial charge in [0, 0.05) is 0 Å². The van der Waals surface area contributed by atoms with Crippen LogP contribution in [0, 0.1) is 0 Å². The van der Waals surface area contributed by atoms with Crippen LogP contribution in [0.15, 0.2) is 34.7 Å². The van der Waals surface area contributed by atoms with Crippen molar-refractivity contribution in [1.29, 1.82) is 0 Å². The van der Waals surface area contributed by atoms with E-state index >= 15 is 0 Å². The number of ether oxygens (including phenoxy) is 2. The van der Waals surface area contributed by atoms with Crippen LogP contribution in [0.5, 0.6) is 11.5 Å². The van der Waals surface area contributed by atoms with Gasteiger partial charge in [0.25, 0.3) is 5.91 Å². The van der Waals surface area contributed by atoms with E-state index in [2.05, 4.69) is 5.32 Å². The molecule has 0 bridgehead atoms. The maximum absolute atomic E-state index is 12.2. The number of rotatable bonds is 6. The number of halogens is 1. The molecule has 2 aromatic rings. The largest absolute Gasteiger partial charge is 0.493 e. The highest BCUT2D eigenvalue weighted by molar-refractivity contribution is 6.29. The second kappa shape index (κ2) is 7.83. The van der Waals surface area contributed by atoms with Gasteiger partial charge in [0.2, 0.25) is 0 Å². The lowest BCUT2D eigenvalue weighted by Gasteiger charge is -2.19. The Bertz CT molecular complexity index is 737. The van der Waals surface area contributed by atoms with Crippen molar-refractivity contribution >= 4 is 17.5 Å². The summed E-state index contributed by atoms with van der Waals surface area (Å²) in [4.78, 5) is 12.2. The molecule has 1 unspecified atom stereocenters. The van der Waals surface area contributed by atoms with Crippen molar-refractivity contribution in [3.63, 3.8) is 0 Å². The van der Waals surface area contributed by atoms with Crippen molar-refractivity contribution in [2.45, 2.75) is 44.8 Å². The molecule has 1 aliphatic carbocycles. The van der Waals surface area contributed by atoms with Crippen LogP contribution in [-0.2, 0) is 0 Å². The van der Waals surface area contributed by atoms with Gasteiger partial charge in [-0.25, -0.2) is 0 Å². The van der Waals surface area contributed by atoms with E-state index in [9.17, 15) is 4.79 Å². The summed E-state index contributed by atoms with van der Waals surface area (Å²) < 4.78 is 16.6. The van der Waals surface area contributed by atoms with Crippen LogP contribution < -0.4 is 14.8 Å². The molecule has 0 spiro atoms. The SMILES string of the molecule is COc1cc(C(C)NC(=O)c2ccc(Cl)o2)ccc1OC1CCCC1. The Morgan fingerprint density at radius 2 is 2.00 bits per heavy atom. The molecule has 1 saturated carbocycles. The second-order valence-corrected chi connectivity index (χ2v) is 6.61. The summed E-state index contributed by atoms with van der Waals surface area (Å²) in [7, 11) is 1.62. The first-order valence-corrected chi connectivity index (χ1v) is 8.85. The lowest BCUT2D eigenvalue weighted by atomic mass is 10.1. The molecule has 1 fully saturated rings. The molecule has 0 saturated heterocycles. The summed E-state index contributed by atoms with van der Waals surface area (Å²) in [6.07, 6.45) is 4.86. The molecule has 1 amide bonds. The summed E-state index contributed by atoms with van der Waals surface area (Å²) >= 11 is 5.71. The number of furan rings is 1. The molecular weight excluding hydrogens is 342 g/mol. The molecule has 25 heavy (non-hydrogen) atoms. The third kappa shape index (κ3) is 4.28. The van der Waals surface area contributed by atoms with Crippen molar-refractivity contribution in [3.8, 4) is 11.5 Å². The Balaban J connectivity index is 1.69. The fourth-order valence-corrected chi connectivity index (χ4v) is 3.17. The van der Waals surface area contributed by atoms with Crippen molar-refractivity contribution in [3.05, 3.63) is 46.9 Å². The topological polar surface area (TPSA) is 60.7 Å². The maximum Gasteiger partial charge on any atom is 0.287 e. The highest BCUT2D eigenvalue weighted by Gasteiger charge is 2.20. The number of benzene rings is 1.